The van der Waals surface area contributed by atoms with Gasteiger partial charge in [0, 0.05) is 6.54 Å². The number of nitrogens with zero attached hydrogens (tertiary/aromatic N) is 1. The molecule has 1 aliphatic rings. The zero-order valence-corrected chi connectivity index (χ0v) is 18.8. The molecule has 2 rings (SSSR count). The van der Waals surface area contributed by atoms with Crippen molar-refractivity contribution in [2.24, 2.45) is 4.99 Å². The molecule has 0 unspecified atom stereocenters. The molecule has 11 nitrogen and oxygen atoms in total. The van der Waals surface area contributed by atoms with E-state index in [1.54, 1.807) is 30.3 Å². The Balaban J connectivity index is 1.94. The van der Waals surface area contributed by atoms with Crippen LogP contribution in [0.5, 0.6) is 0 Å². The minimum atomic E-state index is -4.40. The van der Waals surface area contributed by atoms with Crippen molar-refractivity contribution in [2.75, 3.05) is 13.2 Å². The standard InChI is InChI=1S/C16H19Cl3N4O7S/c17-16(18,19)9-30-31(27,28)23-14-20-7-6-11(21-14)12(13(24)25)22-15(26)29-8-10-4-2-1-3-5-10/h1-5,11-12H,6-9H2,(H,22,26)(H,24,25)(H2,20,21,23)/t11-,12-/m0/s1. The number of rotatable bonds is 8. The number of guanidine groups is 1. The van der Waals surface area contributed by atoms with Gasteiger partial charge in [-0.05, 0) is 12.0 Å². The Kier molecular flexibility index (Phi) is 9.01. The predicted molar refractivity (Wildman–Crippen MR) is 113 cm³/mol. The van der Waals surface area contributed by atoms with E-state index >= 15 is 0 Å². The Morgan fingerprint density at radius 1 is 1.29 bits per heavy atom. The maximum Gasteiger partial charge on any atom is 0.408 e. The van der Waals surface area contributed by atoms with Gasteiger partial charge in [-0.15, -0.1) is 0 Å². The summed E-state index contributed by atoms with van der Waals surface area (Å²) in [5, 5.41) is 14.3. The van der Waals surface area contributed by atoms with E-state index in [-0.39, 0.29) is 25.5 Å². The second-order valence-electron chi connectivity index (χ2n) is 6.23. The monoisotopic (exact) mass is 516 g/mol. The molecule has 0 aromatic heterocycles. The molecule has 1 aromatic rings. The van der Waals surface area contributed by atoms with Crippen LogP contribution in [0.15, 0.2) is 35.3 Å². The number of halogens is 3. The Labute approximate surface area is 193 Å². The van der Waals surface area contributed by atoms with E-state index in [9.17, 15) is 23.1 Å². The number of hydrogen-bond donors (Lipinski definition) is 4. The highest BCUT2D eigenvalue weighted by Gasteiger charge is 2.34. The SMILES string of the molecule is O=C(N[C@H](C(=O)O)[C@@H]1CCN=C(NS(=O)(=O)OCC(Cl)(Cl)Cl)N1)OCc1ccccc1. The van der Waals surface area contributed by atoms with Crippen molar-refractivity contribution in [1.82, 2.24) is 15.4 Å². The van der Waals surface area contributed by atoms with Gasteiger partial charge in [-0.25, -0.2) is 18.5 Å². The number of ether oxygens (including phenoxy) is 1. The van der Waals surface area contributed by atoms with Crippen molar-refractivity contribution in [2.45, 2.75) is 28.9 Å². The van der Waals surface area contributed by atoms with Crippen LogP contribution in [0.3, 0.4) is 0 Å². The maximum absolute atomic E-state index is 12.0. The highest BCUT2D eigenvalue weighted by atomic mass is 35.6. The lowest BCUT2D eigenvalue weighted by atomic mass is 10.0. The number of carboxylic acid groups (broad SMARTS) is 1. The highest BCUT2D eigenvalue weighted by molar-refractivity contribution is 7.85. The Hall–Kier alpha value is -1.99. The first-order chi connectivity index (χ1) is 14.5. The van der Waals surface area contributed by atoms with Crippen LogP contribution in [-0.2, 0) is 30.6 Å². The number of alkyl carbamates (subject to hydrolysis) is 1. The van der Waals surface area contributed by atoms with Crippen LogP contribution >= 0.6 is 34.8 Å². The fourth-order valence-electron chi connectivity index (χ4n) is 2.44. The molecule has 0 aliphatic carbocycles. The van der Waals surface area contributed by atoms with Gasteiger partial charge in [0.2, 0.25) is 9.75 Å². The molecule has 0 saturated carbocycles. The first-order valence-corrected chi connectivity index (χ1v) is 11.2. The van der Waals surface area contributed by atoms with Gasteiger partial charge >= 0.3 is 22.4 Å². The van der Waals surface area contributed by atoms with Crippen LogP contribution in [0, 0.1) is 0 Å². The molecule has 1 heterocycles. The Morgan fingerprint density at radius 3 is 2.58 bits per heavy atom. The van der Waals surface area contributed by atoms with Gasteiger partial charge in [-0.2, -0.15) is 8.42 Å². The number of aliphatic imine (C=N–C) groups is 1. The summed E-state index contributed by atoms with van der Waals surface area (Å²) in [7, 11) is -4.40. The number of carbonyl (C=O) groups excluding carboxylic acids is 1. The van der Waals surface area contributed by atoms with Crippen LogP contribution in [0.1, 0.15) is 12.0 Å². The van der Waals surface area contributed by atoms with Crippen molar-refractivity contribution in [1.29, 1.82) is 0 Å². The molecule has 0 radical (unpaired) electrons. The zero-order chi connectivity index (χ0) is 23.1. The molecule has 31 heavy (non-hydrogen) atoms. The first kappa shape index (κ1) is 25.3. The summed E-state index contributed by atoms with van der Waals surface area (Å²) in [5.74, 6) is -1.64. The lowest BCUT2D eigenvalue weighted by molar-refractivity contribution is -0.140. The third-order valence-electron chi connectivity index (χ3n) is 3.79. The van der Waals surface area contributed by atoms with Crippen LogP contribution in [0.4, 0.5) is 4.79 Å². The third-order valence-corrected chi connectivity index (χ3v) is 4.98. The van der Waals surface area contributed by atoms with E-state index in [4.69, 9.17) is 39.5 Å². The van der Waals surface area contributed by atoms with Crippen molar-refractivity contribution in [3.05, 3.63) is 35.9 Å². The number of aliphatic carboxylic acids is 1. The quantitative estimate of drug-likeness (QED) is 0.376. The van der Waals surface area contributed by atoms with Crippen molar-refractivity contribution in [3.63, 3.8) is 0 Å². The van der Waals surface area contributed by atoms with Crippen LogP contribution < -0.4 is 15.4 Å². The number of carboxylic acids is 1. The minimum Gasteiger partial charge on any atom is -0.480 e. The first-order valence-electron chi connectivity index (χ1n) is 8.70. The average Bonchev–Trinajstić information content (AvgIpc) is 2.69. The summed E-state index contributed by atoms with van der Waals surface area (Å²) in [4.78, 5) is 27.6. The number of carbonyl (C=O) groups is 2. The van der Waals surface area contributed by atoms with Gasteiger partial charge in [0.1, 0.15) is 19.3 Å². The summed E-state index contributed by atoms with van der Waals surface area (Å²) in [6.07, 6.45) is -0.760. The summed E-state index contributed by atoms with van der Waals surface area (Å²) in [6, 6.07) is 6.48. The van der Waals surface area contributed by atoms with Crippen LogP contribution in [-0.4, -0.2) is 60.6 Å². The molecule has 1 aromatic carbocycles. The zero-order valence-electron chi connectivity index (χ0n) is 15.8. The smallest absolute Gasteiger partial charge is 0.408 e. The highest BCUT2D eigenvalue weighted by Crippen LogP contribution is 2.26. The molecule has 0 spiro atoms. The topological polar surface area (TPSA) is 155 Å². The summed E-state index contributed by atoms with van der Waals surface area (Å²) in [6.45, 7) is -0.731. The number of amides is 1. The minimum absolute atomic E-state index is 0.0514. The molecule has 2 atom stereocenters. The van der Waals surface area contributed by atoms with Gasteiger partial charge in [0.15, 0.2) is 0 Å². The summed E-state index contributed by atoms with van der Waals surface area (Å²) < 4.78 is 33.4. The number of nitrogens with one attached hydrogen (secondary N) is 3. The van der Waals surface area contributed by atoms with E-state index in [2.05, 4.69) is 19.8 Å². The predicted octanol–water partition coefficient (Wildman–Crippen LogP) is 1.31. The number of hydrogen-bond acceptors (Lipinski definition) is 8. The Bertz CT molecular complexity index is 910. The largest absolute Gasteiger partial charge is 0.480 e. The average molecular weight is 518 g/mol. The van der Waals surface area contributed by atoms with Crippen molar-refractivity contribution < 1.29 is 32.0 Å². The second-order valence-corrected chi connectivity index (χ2v) is 10.1. The maximum atomic E-state index is 12.0. The number of benzene rings is 1. The van der Waals surface area contributed by atoms with Gasteiger partial charge < -0.3 is 20.5 Å². The van der Waals surface area contributed by atoms with Crippen LogP contribution in [0.25, 0.3) is 0 Å². The van der Waals surface area contributed by atoms with Gasteiger partial charge in [-0.3, -0.25) is 4.99 Å². The summed E-state index contributed by atoms with van der Waals surface area (Å²) >= 11 is 16.3. The van der Waals surface area contributed by atoms with Crippen molar-refractivity contribution >= 4 is 63.1 Å². The molecule has 0 saturated heterocycles. The molecule has 172 valence electrons. The summed E-state index contributed by atoms with van der Waals surface area (Å²) in [5.41, 5.74) is 0.721. The van der Waals surface area contributed by atoms with Gasteiger partial charge in [-0.1, -0.05) is 65.1 Å². The van der Waals surface area contributed by atoms with E-state index < -0.39 is 44.8 Å². The fraction of sp³-hybridized carbons (Fsp3) is 0.438. The van der Waals surface area contributed by atoms with E-state index in [1.807, 2.05) is 4.72 Å². The normalized spacial score (nSPS) is 17.6. The molecule has 1 amide bonds. The molecule has 15 heteroatoms. The van der Waals surface area contributed by atoms with Crippen LogP contribution in [0.2, 0.25) is 0 Å². The van der Waals surface area contributed by atoms with E-state index in [1.165, 1.54) is 0 Å². The molecular formula is C16H19Cl3N4O7S. The van der Waals surface area contributed by atoms with Gasteiger partial charge in [0.25, 0.3) is 0 Å². The lowest BCUT2D eigenvalue weighted by Gasteiger charge is -2.29. The molecule has 0 fully saturated rings. The molecule has 0 bridgehead atoms. The Morgan fingerprint density at radius 2 is 1.97 bits per heavy atom. The fourth-order valence-corrected chi connectivity index (χ4v) is 3.55. The van der Waals surface area contributed by atoms with E-state index in [0.717, 1.165) is 5.56 Å². The van der Waals surface area contributed by atoms with Crippen molar-refractivity contribution in [3.8, 4) is 0 Å². The van der Waals surface area contributed by atoms with Gasteiger partial charge in [0.05, 0.1) is 6.04 Å². The molecular weight excluding hydrogens is 499 g/mol. The third kappa shape index (κ3) is 9.35. The van der Waals surface area contributed by atoms with E-state index in [0.29, 0.717) is 0 Å². The lowest BCUT2D eigenvalue weighted by Crippen LogP contribution is -2.60. The second kappa shape index (κ2) is 11.0. The molecule has 4 N–H and O–H groups in total. The number of alkyl halides is 3. The molecule has 1 aliphatic heterocycles.